The van der Waals surface area contributed by atoms with Crippen LogP contribution in [0.15, 0.2) is 59.5 Å². The summed E-state index contributed by atoms with van der Waals surface area (Å²) in [7, 11) is 1.59. The Bertz CT molecular complexity index is 1570. The highest BCUT2D eigenvalue weighted by atomic mass is 19.4. The van der Waals surface area contributed by atoms with Crippen molar-refractivity contribution in [3.63, 3.8) is 0 Å². The minimum Gasteiger partial charge on any atom is -0.439 e. The molecule has 1 unspecified atom stereocenters. The van der Waals surface area contributed by atoms with Crippen LogP contribution in [-0.4, -0.2) is 72.2 Å². The van der Waals surface area contributed by atoms with Crippen LogP contribution in [0.5, 0.6) is 5.75 Å². The summed E-state index contributed by atoms with van der Waals surface area (Å²) in [6.07, 6.45) is 1.20. The zero-order valence-electron chi connectivity index (χ0n) is 25.0. The molecule has 5 rings (SSSR count). The van der Waals surface area contributed by atoms with Gasteiger partial charge in [-0.25, -0.2) is 4.99 Å². The van der Waals surface area contributed by atoms with Crippen molar-refractivity contribution in [1.29, 1.82) is 0 Å². The summed E-state index contributed by atoms with van der Waals surface area (Å²) in [6, 6.07) is 10.2. The lowest BCUT2D eigenvalue weighted by molar-refractivity contribution is -0.189. The quantitative estimate of drug-likeness (QED) is 0.321. The number of carbonyl (C=O) groups is 2. The maximum absolute atomic E-state index is 13.2. The smallest absolute Gasteiger partial charge is 0.399 e. The summed E-state index contributed by atoms with van der Waals surface area (Å²) < 4.78 is 52.1. The van der Waals surface area contributed by atoms with Crippen LogP contribution in [0.25, 0.3) is 10.9 Å². The third-order valence-corrected chi connectivity index (χ3v) is 8.34. The third-order valence-electron chi connectivity index (χ3n) is 8.34. The maximum atomic E-state index is 13.2. The predicted molar refractivity (Wildman–Crippen MR) is 160 cm³/mol. The molecule has 0 spiro atoms. The molecule has 0 saturated carbocycles. The second kappa shape index (κ2) is 12.8. The fourth-order valence-electron chi connectivity index (χ4n) is 5.40. The molecule has 2 aliphatic rings. The minimum atomic E-state index is -4.39. The van der Waals surface area contributed by atoms with E-state index < -0.39 is 11.6 Å². The highest BCUT2D eigenvalue weighted by molar-refractivity contribution is 6.00. The number of likely N-dealkylation sites (tertiary alicyclic amines) is 1. The van der Waals surface area contributed by atoms with Gasteiger partial charge in [0.25, 0.3) is 11.8 Å². The van der Waals surface area contributed by atoms with Crippen molar-refractivity contribution in [2.75, 3.05) is 33.4 Å². The molecule has 1 saturated heterocycles. The summed E-state index contributed by atoms with van der Waals surface area (Å²) in [4.78, 5) is 31.4. The van der Waals surface area contributed by atoms with Gasteiger partial charge in [0.2, 0.25) is 5.88 Å². The van der Waals surface area contributed by atoms with E-state index in [1.807, 2.05) is 28.8 Å². The van der Waals surface area contributed by atoms with Crippen LogP contribution in [0.4, 0.5) is 13.2 Å². The molecule has 2 aliphatic heterocycles. The van der Waals surface area contributed by atoms with Crippen LogP contribution in [0.1, 0.15) is 52.5 Å². The molecule has 234 valence electrons. The Morgan fingerprint density at radius 3 is 2.48 bits per heavy atom. The topological polar surface area (TPSA) is 98.1 Å². The van der Waals surface area contributed by atoms with E-state index in [-0.39, 0.29) is 24.1 Å². The van der Waals surface area contributed by atoms with Crippen molar-refractivity contribution in [1.82, 2.24) is 20.0 Å². The van der Waals surface area contributed by atoms with Gasteiger partial charge in [-0.1, -0.05) is 0 Å². The zero-order chi connectivity index (χ0) is 31.5. The normalized spacial score (nSPS) is 19.2. The molecule has 1 fully saturated rings. The van der Waals surface area contributed by atoms with Gasteiger partial charge in [-0.3, -0.25) is 14.3 Å². The average molecular weight is 612 g/mol. The molecule has 1 N–H and O–H groups in total. The zero-order valence-corrected chi connectivity index (χ0v) is 25.0. The second-order valence-electron chi connectivity index (χ2n) is 11.6. The molecule has 0 aliphatic carbocycles. The standard InChI is InChI=1S/C32H36F3N5O4/c1-21-25(29(41)36-14-17-43-3)8-9-27-26(21)19-40(38-27)18-22-11-15-39(16-12-22)30(42)23-4-6-24(7-5-23)44-28-10-13-31(2,20-37-28)32(33,34)35/h4-10,19-20,22H,11-18H2,1-3H3,(H,36,41). The number of aliphatic imine (C=N–C) groups is 1. The van der Waals surface area contributed by atoms with Gasteiger partial charge in [0.05, 0.1) is 12.1 Å². The lowest BCUT2D eigenvalue weighted by Crippen LogP contribution is -2.39. The number of amides is 2. The molecule has 3 aromatic rings. The summed E-state index contributed by atoms with van der Waals surface area (Å²) in [5.74, 6) is 0.616. The number of rotatable bonds is 9. The molecule has 2 aromatic carbocycles. The van der Waals surface area contributed by atoms with Crippen molar-refractivity contribution >= 4 is 28.9 Å². The molecule has 1 aromatic heterocycles. The summed E-state index contributed by atoms with van der Waals surface area (Å²) in [6.45, 7) is 5.87. The number of ether oxygens (including phenoxy) is 2. The Kier molecular flexibility index (Phi) is 9.10. The van der Waals surface area contributed by atoms with E-state index in [9.17, 15) is 22.8 Å². The summed E-state index contributed by atoms with van der Waals surface area (Å²) >= 11 is 0. The number of halogens is 3. The lowest BCUT2D eigenvalue weighted by atomic mass is 9.86. The highest BCUT2D eigenvalue weighted by Crippen LogP contribution is 2.41. The first kappa shape index (κ1) is 31.2. The van der Waals surface area contributed by atoms with Gasteiger partial charge in [0, 0.05) is 62.2 Å². The number of alkyl halides is 3. The monoisotopic (exact) mass is 611 g/mol. The number of methoxy groups -OCH3 is 1. The molecule has 12 heteroatoms. The largest absolute Gasteiger partial charge is 0.439 e. The van der Waals surface area contributed by atoms with Crippen LogP contribution in [0.2, 0.25) is 0 Å². The van der Waals surface area contributed by atoms with Crippen LogP contribution in [0.3, 0.4) is 0 Å². The molecular weight excluding hydrogens is 575 g/mol. The number of carbonyl (C=O) groups excluding carboxylic acids is 2. The Morgan fingerprint density at radius 1 is 1.11 bits per heavy atom. The third kappa shape index (κ3) is 6.80. The molecule has 44 heavy (non-hydrogen) atoms. The first-order valence-electron chi connectivity index (χ1n) is 14.6. The lowest BCUT2D eigenvalue weighted by Gasteiger charge is -2.32. The molecule has 2 amide bonds. The van der Waals surface area contributed by atoms with E-state index in [1.54, 1.807) is 37.4 Å². The van der Waals surface area contributed by atoms with Crippen molar-refractivity contribution in [2.24, 2.45) is 16.3 Å². The number of aromatic nitrogens is 2. The number of fused-ring (bicyclic) bond motifs is 1. The summed E-state index contributed by atoms with van der Waals surface area (Å²) in [5.41, 5.74) is 0.837. The van der Waals surface area contributed by atoms with Gasteiger partial charge in [0.1, 0.15) is 11.2 Å². The first-order valence-corrected chi connectivity index (χ1v) is 14.6. The van der Waals surface area contributed by atoms with Crippen LogP contribution in [0, 0.1) is 18.3 Å². The van der Waals surface area contributed by atoms with Crippen LogP contribution < -0.4 is 10.1 Å². The van der Waals surface area contributed by atoms with Crippen molar-refractivity contribution in [3.05, 3.63) is 71.2 Å². The summed E-state index contributed by atoms with van der Waals surface area (Å²) in [5, 5.41) is 8.52. The number of piperidine rings is 1. The number of allylic oxidation sites excluding steroid dienone is 1. The molecule has 9 nitrogen and oxygen atoms in total. The molecule has 3 heterocycles. The number of hydrogen-bond donors (Lipinski definition) is 1. The number of nitrogens with one attached hydrogen (secondary N) is 1. The first-order chi connectivity index (χ1) is 21.0. The maximum Gasteiger partial charge on any atom is 0.399 e. The van der Waals surface area contributed by atoms with E-state index in [0.717, 1.165) is 49.0 Å². The number of aryl methyl sites for hydroxylation is 1. The predicted octanol–water partition coefficient (Wildman–Crippen LogP) is 5.54. The highest BCUT2D eigenvalue weighted by Gasteiger charge is 2.50. The molecular formula is C32H36F3N5O4. The van der Waals surface area contributed by atoms with Gasteiger partial charge in [-0.15, -0.1) is 0 Å². The van der Waals surface area contributed by atoms with Crippen LogP contribution >= 0.6 is 0 Å². The Morgan fingerprint density at radius 2 is 1.84 bits per heavy atom. The van der Waals surface area contributed by atoms with Crippen molar-refractivity contribution < 1.29 is 32.2 Å². The molecule has 0 radical (unpaired) electrons. The fourth-order valence-corrected chi connectivity index (χ4v) is 5.40. The number of hydrogen-bond acceptors (Lipinski definition) is 6. The molecule has 0 bridgehead atoms. The number of benzene rings is 2. The van der Waals surface area contributed by atoms with Gasteiger partial charge in [-0.2, -0.15) is 18.3 Å². The van der Waals surface area contributed by atoms with E-state index in [1.165, 1.54) is 6.08 Å². The average Bonchev–Trinajstić information content (AvgIpc) is 3.42. The van der Waals surface area contributed by atoms with Crippen LogP contribution in [-0.2, 0) is 11.3 Å². The number of nitrogens with zero attached hydrogens (tertiary/aromatic N) is 4. The van der Waals surface area contributed by atoms with Crippen molar-refractivity contribution in [3.8, 4) is 5.75 Å². The Labute approximate surface area is 253 Å². The Hall–Kier alpha value is -4.19. The second-order valence-corrected chi connectivity index (χ2v) is 11.6. The fraction of sp³-hybridized carbons (Fsp3) is 0.438. The SMILES string of the molecule is COCCNC(=O)c1ccc2nn(CC3CCN(C(=O)c4ccc(OC5=CCC(C)(C(F)(F)F)C=N5)cc4)CC3)cc2c1C. The van der Waals surface area contributed by atoms with Gasteiger partial charge in [-0.05, 0) is 87.1 Å². The van der Waals surface area contributed by atoms with Gasteiger partial charge in [0.15, 0.2) is 0 Å². The van der Waals surface area contributed by atoms with Gasteiger partial charge < -0.3 is 19.7 Å². The molecule has 1 atom stereocenters. The van der Waals surface area contributed by atoms with E-state index in [2.05, 4.69) is 10.3 Å². The van der Waals surface area contributed by atoms with Crippen molar-refractivity contribution in [2.45, 2.75) is 45.8 Å². The van der Waals surface area contributed by atoms with E-state index in [4.69, 9.17) is 14.6 Å². The Balaban J connectivity index is 1.13. The minimum absolute atomic E-state index is 0.0809. The van der Waals surface area contributed by atoms with E-state index >= 15 is 0 Å². The van der Waals surface area contributed by atoms with Gasteiger partial charge >= 0.3 is 6.18 Å². The van der Waals surface area contributed by atoms with E-state index in [0.29, 0.717) is 49.0 Å².